The number of aromatic nitrogens is 2. The van der Waals surface area contributed by atoms with Gasteiger partial charge in [-0.3, -0.25) is 4.79 Å². The molecule has 0 amide bonds. The Hall–Kier alpha value is -1.59. The molecule has 3 aromatic rings. The first-order chi connectivity index (χ1) is 10.7. The number of benzene rings is 1. The Morgan fingerprint density at radius 1 is 1.32 bits per heavy atom. The molecular formula is C17H16N2OS2. The maximum Gasteiger partial charge on any atom is 0.211 e. The Labute approximate surface area is 137 Å². The molecule has 1 aliphatic carbocycles. The SMILES string of the molecule is CCn1c(SC)nc2c(=O)c3c(sc21)-c1ccccc1CC3. The summed E-state index contributed by atoms with van der Waals surface area (Å²) in [7, 11) is 0. The van der Waals surface area contributed by atoms with E-state index >= 15 is 0 Å². The molecule has 4 rings (SSSR count). The Bertz CT molecular complexity index is 940. The molecule has 1 aliphatic rings. The van der Waals surface area contributed by atoms with E-state index < -0.39 is 0 Å². The van der Waals surface area contributed by atoms with Gasteiger partial charge in [-0.05, 0) is 37.1 Å². The highest BCUT2D eigenvalue weighted by Crippen LogP contribution is 2.38. The van der Waals surface area contributed by atoms with Crippen LogP contribution in [-0.4, -0.2) is 15.8 Å². The molecule has 0 atom stereocenters. The molecule has 0 aliphatic heterocycles. The van der Waals surface area contributed by atoms with Crippen LogP contribution in [0, 0.1) is 0 Å². The molecule has 112 valence electrons. The summed E-state index contributed by atoms with van der Waals surface area (Å²) in [5.41, 5.74) is 4.29. The van der Waals surface area contributed by atoms with Crippen LogP contribution in [0.3, 0.4) is 0 Å². The highest BCUT2D eigenvalue weighted by atomic mass is 32.2. The molecular weight excluding hydrogens is 312 g/mol. The second-order valence-corrected chi connectivity index (χ2v) is 7.16. The lowest BCUT2D eigenvalue weighted by atomic mass is 9.91. The molecule has 2 aromatic heterocycles. The maximum atomic E-state index is 12.9. The zero-order valence-electron chi connectivity index (χ0n) is 12.5. The number of imidazole rings is 1. The Morgan fingerprint density at radius 2 is 2.14 bits per heavy atom. The molecule has 0 saturated heterocycles. The monoisotopic (exact) mass is 328 g/mol. The third-order valence-electron chi connectivity index (χ3n) is 4.25. The summed E-state index contributed by atoms with van der Waals surface area (Å²) >= 11 is 3.32. The molecule has 0 saturated carbocycles. The van der Waals surface area contributed by atoms with Crippen molar-refractivity contribution < 1.29 is 0 Å². The van der Waals surface area contributed by atoms with Crippen LogP contribution in [0.1, 0.15) is 18.1 Å². The summed E-state index contributed by atoms with van der Waals surface area (Å²) in [6.07, 6.45) is 3.78. The van der Waals surface area contributed by atoms with Crippen LogP contribution in [-0.2, 0) is 19.4 Å². The fraction of sp³-hybridized carbons (Fsp3) is 0.294. The average molecular weight is 328 g/mol. The molecule has 22 heavy (non-hydrogen) atoms. The van der Waals surface area contributed by atoms with Gasteiger partial charge in [-0.2, -0.15) is 0 Å². The van der Waals surface area contributed by atoms with Crippen molar-refractivity contribution in [2.24, 2.45) is 0 Å². The smallest absolute Gasteiger partial charge is 0.211 e. The minimum Gasteiger partial charge on any atom is -0.311 e. The summed E-state index contributed by atoms with van der Waals surface area (Å²) in [5.74, 6) is 0. The van der Waals surface area contributed by atoms with Gasteiger partial charge in [0.05, 0.1) is 0 Å². The van der Waals surface area contributed by atoms with Crippen LogP contribution in [0.4, 0.5) is 0 Å². The van der Waals surface area contributed by atoms with E-state index in [-0.39, 0.29) is 5.43 Å². The molecule has 0 fully saturated rings. The number of nitrogens with zero attached hydrogens (tertiary/aromatic N) is 2. The molecule has 0 spiro atoms. The largest absolute Gasteiger partial charge is 0.311 e. The van der Waals surface area contributed by atoms with Gasteiger partial charge in [0.25, 0.3) is 0 Å². The predicted molar refractivity (Wildman–Crippen MR) is 94.2 cm³/mol. The van der Waals surface area contributed by atoms with Crippen LogP contribution in [0.2, 0.25) is 0 Å². The van der Waals surface area contributed by atoms with Crippen LogP contribution >= 0.6 is 23.1 Å². The highest BCUT2D eigenvalue weighted by Gasteiger charge is 2.23. The van der Waals surface area contributed by atoms with Gasteiger partial charge in [0.1, 0.15) is 10.3 Å². The van der Waals surface area contributed by atoms with Gasteiger partial charge in [0.15, 0.2) is 5.16 Å². The van der Waals surface area contributed by atoms with Gasteiger partial charge in [-0.15, -0.1) is 11.3 Å². The van der Waals surface area contributed by atoms with Crippen molar-refractivity contribution in [3.8, 4) is 10.4 Å². The molecule has 0 radical (unpaired) electrons. The van der Waals surface area contributed by atoms with E-state index in [4.69, 9.17) is 0 Å². The molecule has 2 heterocycles. The number of aryl methyl sites for hydroxylation is 2. The number of fused-ring (bicyclic) bond motifs is 4. The fourth-order valence-electron chi connectivity index (χ4n) is 3.17. The van der Waals surface area contributed by atoms with E-state index in [1.165, 1.54) is 11.1 Å². The van der Waals surface area contributed by atoms with E-state index in [0.717, 1.165) is 39.8 Å². The lowest BCUT2D eigenvalue weighted by molar-refractivity contribution is 0.707. The average Bonchev–Trinajstić information content (AvgIpc) is 2.93. The Balaban J connectivity index is 2.11. The Kier molecular flexibility index (Phi) is 3.35. The van der Waals surface area contributed by atoms with E-state index in [0.29, 0.717) is 5.52 Å². The lowest BCUT2D eigenvalue weighted by Gasteiger charge is -2.18. The second-order valence-electron chi connectivity index (χ2n) is 5.39. The minimum atomic E-state index is 0.126. The summed E-state index contributed by atoms with van der Waals surface area (Å²) in [6.45, 7) is 2.94. The van der Waals surface area contributed by atoms with Crippen molar-refractivity contribution >= 4 is 33.4 Å². The predicted octanol–water partition coefficient (Wildman–Crippen LogP) is 3.97. The maximum absolute atomic E-state index is 12.9. The number of thioether (sulfide) groups is 1. The van der Waals surface area contributed by atoms with Gasteiger partial charge in [-0.25, -0.2) is 4.98 Å². The Morgan fingerprint density at radius 3 is 2.91 bits per heavy atom. The van der Waals surface area contributed by atoms with Crippen LogP contribution < -0.4 is 5.43 Å². The third kappa shape index (κ3) is 1.88. The molecule has 0 bridgehead atoms. The zero-order valence-corrected chi connectivity index (χ0v) is 14.2. The zero-order chi connectivity index (χ0) is 15.3. The highest BCUT2D eigenvalue weighted by molar-refractivity contribution is 7.98. The number of hydrogen-bond donors (Lipinski definition) is 0. The van der Waals surface area contributed by atoms with Gasteiger partial charge in [-0.1, -0.05) is 36.0 Å². The molecule has 0 unspecified atom stereocenters. The van der Waals surface area contributed by atoms with Gasteiger partial charge in [0, 0.05) is 17.0 Å². The summed E-state index contributed by atoms with van der Waals surface area (Å²) in [6, 6.07) is 8.44. The van der Waals surface area contributed by atoms with Crippen molar-refractivity contribution in [3.63, 3.8) is 0 Å². The topological polar surface area (TPSA) is 34.9 Å². The third-order valence-corrected chi connectivity index (χ3v) is 6.21. The van der Waals surface area contributed by atoms with Crippen molar-refractivity contribution in [3.05, 3.63) is 45.6 Å². The molecule has 1 aromatic carbocycles. The quantitative estimate of drug-likeness (QED) is 0.668. The fourth-order valence-corrected chi connectivity index (χ4v) is 5.24. The standard InChI is InChI=1S/C17H16N2OS2/c1-3-19-16-13(18-17(19)21-2)14(20)12-9-8-10-6-4-5-7-11(10)15(12)22-16/h4-7H,3,8-9H2,1-2H3. The lowest BCUT2D eigenvalue weighted by Crippen LogP contribution is -2.15. The summed E-state index contributed by atoms with van der Waals surface area (Å²) < 4.78 is 2.16. The molecule has 0 N–H and O–H groups in total. The minimum absolute atomic E-state index is 0.126. The first kappa shape index (κ1) is 14.0. The van der Waals surface area contributed by atoms with Gasteiger partial charge < -0.3 is 4.57 Å². The van der Waals surface area contributed by atoms with Crippen molar-refractivity contribution in [2.75, 3.05) is 6.26 Å². The normalized spacial score (nSPS) is 13.2. The van der Waals surface area contributed by atoms with Crippen LogP contribution in [0.15, 0.2) is 34.2 Å². The summed E-state index contributed by atoms with van der Waals surface area (Å²) in [5, 5.41) is 0.932. The van der Waals surface area contributed by atoms with Crippen LogP contribution in [0.5, 0.6) is 0 Å². The van der Waals surface area contributed by atoms with Gasteiger partial charge in [0.2, 0.25) is 5.43 Å². The van der Waals surface area contributed by atoms with E-state index in [9.17, 15) is 4.79 Å². The molecule has 5 heteroatoms. The number of rotatable bonds is 2. The number of hydrogen-bond acceptors (Lipinski definition) is 4. The molecule has 3 nitrogen and oxygen atoms in total. The van der Waals surface area contributed by atoms with Gasteiger partial charge >= 0.3 is 0 Å². The first-order valence-corrected chi connectivity index (χ1v) is 9.47. The van der Waals surface area contributed by atoms with Crippen molar-refractivity contribution in [2.45, 2.75) is 31.5 Å². The van der Waals surface area contributed by atoms with Crippen molar-refractivity contribution in [1.82, 2.24) is 9.55 Å². The first-order valence-electron chi connectivity index (χ1n) is 7.43. The van der Waals surface area contributed by atoms with E-state index in [2.05, 4.69) is 40.7 Å². The van der Waals surface area contributed by atoms with Crippen molar-refractivity contribution in [1.29, 1.82) is 0 Å². The van der Waals surface area contributed by atoms with E-state index in [1.54, 1.807) is 23.1 Å². The summed E-state index contributed by atoms with van der Waals surface area (Å²) in [4.78, 5) is 19.6. The van der Waals surface area contributed by atoms with E-state index in [1.807, 2.05) is 6.26 Å². The second kappa shape index (κ2) is 5.25. The van der Waals surface area contributed by atoms with Crippen LogP contribution in [0.25, 0.3) is 20.8 Å².